The fourth-order valence-corrected chi connectivity index (χ4v) is 3.08. The van der Waals surface area contributed by atoms with Gasteiger partial charge in [-0.15, -0.1) is 0 Å². The van der Waals surface area contributed by atoms with E-state index < -0.39 is 21.4 Å². The fourth-order valence-electron chi connectivity index (χ4n) is 2.63. The molecule has 10 heteroatoms. The van der Waals surface area contributed by atoms with Crippen molar-refractivity contribution >= 4 is 10.1 Å². The van der Waals surface area contributed by atoms with Gasteiger partial charge < -0.3 is 13.7 Å². The average molecular weight is 397 g/mol. The number of nitrogens with zero attached hydrogens (tertiary/aromatic N) is 1. The summed E-state index contributed by atoms with van der Waals surface area (Å²) < 4.78 is 75.0. The van der Waals surface area contributed by atoms with Crippen molar-refractivity contribution in [2.24, 2.45) is 0 Å². The lowest BCUT2D eigenvalue weighted by Crippen LogP contribution is -2.41. The summed E-state index contributed by atoms with van der Waals surface area (Å²) in [6.45, 7) is 6.84. The predicted octanol–water partition coefficient (Wildman–Crippen LogP) is 3.18. The Bertz CT molecular complexity index is 702. The molecular formula is C16H22F3NO5S. The second-order valence-electron chi connectivity index (χ2n) is 5.94. The summed E-state index contributed by atoms with van der Waals surface area (Å²) in [6.07, 6.45) is 1.66. The first-order valence-electron chi connectivity index (χ1n) is 8.33. The highest BCUT2D eigenvalue weighted by atomic mass is 32.2. The van der Waals surface area contributed by atoms with Crippen molar-refractivity contribution in [2.45, 2.75) is 38.3 Å². The van der Waals surface area contributed by atoms with E-state index in [2.05, 4.69) is 22.9 Å². The van der Waals surface area contributed by atoms with Gasteiger partial charge >= 0.3 is 15.6 Å². The van der Waals surface area contributed by atoms with Crippen molar-refractivity contribution in [1.82, 2.24) is 4.90 Å². The monoisotopic (exact) mass is 397 g/mol. The highest BCUT2D eigenvalue weighted by Crippen LogP contribution is 2.37. The SMILES string of the molecule is CCCN(CCC)CC1COc2ccc(OS(=O)(=O)C(F)(F)F)cc2O1. The Morgan fingerprint density at radius 2 is 1.85 bits per heavy atom. The van der Waals surface area contributed by atoms with Crippen LogP contribution in [0.3, 0.4) is 0 Å². The summed E-state index contributed by atoms with van der Waals surface area (Å²) in [7, 11) is -5.73. The van der Waals surface area contributed by atoms with Crippen molar-refractivity contribution in [3.05, 3.63) is 18.2 Å². The molecule has 0 fully saturated rings. The summed E-state index contributed by atoms with van der Waals surface area (Å²) in [5.41, 5.74) is -5.50. The van der Waals surface area contributed by atoms with Crippen molar-refractivity contribution < 1.29 is 35.2 Å². The van der Waals surface area contributed by atoms with Gasteiger partial charge in [-0.05, 0) is 38.1 Å². The highest BCUT2D eigenvalue weighted by Gasteiger charge is 2.48. The van der Waals surface area contributed by atoms with Gasteiger partial charge in [-0.3, -0.25) is 4.90 Å². The van der Waals surface area contributed by atoms with Crippen LogP contribution in [0.15, 0.2) is 18.2 Å². The van der Waals surface area contributed by atoms with Crippen LogP contribution in [0.2, 0.25) is 0 Å². The van der Waals surface area contributed by atoms with Crippen molar-refractivity contribution in [2.75, 3.05) is 26.2 Å². The molecule has 1 aromatic rings. The van der Waals surface area contributed by atoms with Crippen molar-refractivity contribution in [3.8, 4) is 17.2 Å². The molecular weight excluding hydrogens is 375 g/mol. The second-order valence-corrected chi connectivity index (χ2v) is 7.48. The van der Waals surface area contributed by atoms with E-state index in [1.54, 1.807) is 0 Å². The van der Waals surface area contributed by atoms with Crippen LogP contribution in [0.4, 0.5) is 13.2 Å². The lowest BCUT2D eigenvalue weighted by molar-refractivity contribution is -0.0500. The van der Waals surface area contributed by atoms with Gasteiger partial charge in [0.25, 0.3) is 0 Å². The molecule has 6 nitrogen and oxygen atoms in total. The predicted molar refractivity (Wildman–Crippen MR) is 89.0 cm³/mol. The molecule has 0 aliphatic carbocycles. The molecule has 0 saturated carbocycles. The molecule has 2 rings (SSSR count). The number of halogens is 3. The Labute approximate surface area is 151 Å². The van der Waals surface area contributed by atoms with Crippen LogP contribution in [-0.2, 0) is 10.1 Å². The van der Waals surface area contributed by atoms with Crippen LogP contribution >= 0.6 is 0 Å². The molecule has 0 aromatic heterocycles. The van der Waals surface area contributed by atoms with Gasteiger partial charge in [0.1, 0.15) is 18.5 Å². The van der Waals surface area contributed by atoms with Gasteiger partial charge in [0.2, 0.25) is 0 Å². The molecule has 0 spiro atoms. The molecule has 0 bridgehead atoms. The van der Waals surface area contributed by atoms with Gasteiger partial charge in [-0.2, -0.15) is 21.6 Å². The molecule has 26 heavy (non-hydrogen) atoms. The average Bonchev–Trinajstić information content (AvgIpc) is 2.53. The lowest BCUT2D eigenvalue weighted by Gasteiger charge is -2.31. The van der Waals surface area contributed by atoms with E-state index >= 15 is 0 Å². The number of rotatable bonds is 8. The second kappa shape index (κ2) is 8.34. The zero-order valence-corrected chi connectivity index (χ0v) is 15.4. The van der Waals surface area contributed by atoms with Gasteiger partial charge in [-0.1, -0.05) is 13.8 Å². The zero-order chi connectivity index (χ0) is 19.4. The van der Waals surface area contributed by atoms with Gasteiger partial charge in [0.15, 0.2) is 11.5 Å². The van der Waals surface area contributed by atoms with E-state index in [9.17, 15) is 21.6 Å². The van der Waals surface area contributed by atoms with E-state index in [-0.39, 0.29) is 11.9 Å². The van der Waals surface area contributed by atoms with E-state index in [0.29, 0.717) is 18.9 Å². The minimum atomic E-state index is -5.73. The molecule has 1 aromatic carbocycles. The number of hydrogen-bond acceptors (Lipinski definition) is 6. The molecule has 1 atom stereocenters. The summed E-state index contributed by atoms with van der Waals surface area (Å²) in [6, 6.07) is 3.50. The van der Waals surface area contributed by atoms with Crippen LogP contribution in [0.25, 0.3) is 0 Å². The number of benzene rings is 1. The number of hydrogen-bond donors (Lipinski definition) is 0. The van der Waals surface area contributed by atoms with E-state index in [1.807, 2.05) is 0 Å². The smallest absolute Gasteiger partial charge is 0.486 e. The zero-order valence-electron chi connectivity index (χ0n) is 14.6. The Balaban J connectivity index is 2.10. The van der Waals surface area contributed by atoms with Crippen LogP contribution in [0.5, 0.6) is 17.2 Å². The first-order valence-corrected chi connectivity index (χ1v) is 9.73. The molecule has 1 unspecified atom stereocenters. The quantitative estimate of drug-likeness (QED) is 0.496. The molecule has 0 radical (unpaired) electrons. The third kappa shape index (κ3) is 5.16. The lowest BCUT2D eigenvalue weighted by atomic mass is 10.2. The van der Waals surface area contributed by atoms with Gasteiger partial charge in [0, 0.05) is 12.6 Å². The topological polar surface area (TPSA) is 65.1 Å². The summed E-state index contributed by atoms with van der Waals surface area (Å²) in [5.74, 6) is 0.00362. The van der Waals surface area contributed by atoms with E-state index in [1.165, 1.54) is 6.07 Å². The van der Waals surface area contributed by atoms with Crippen LogP contribution in [0.1, 0.15) is 26.7 Å². The molecule has 148 valence electrons. The third-order valence-corrected chi connectivity index (χ3v) is 4.64. The molecule has 0 saturated heterocycles. The number of fused-ring (bicyclic) bond motifs is 1. The Hall–Kier alpha value is -1.68. The van der Waals surface area contributed by atoms with E-state index in [4.69, 9.17) is 9.47 Å². The minimum Gasteiger partial charge on any atom is -0.486 e. The highest BCUT2D eigenvalue weighted by molar-refractivity contribution is 7.88. The first-order chi connectivity index (χ1) is 12.2. The van der Waals surface area contributed by atoms with Crippen LogP contribution in [0, 0.1) is 0 Å². The third-order valence-electron chi connectivity index (χ3n) is 3.66. The number of alkyl halides is 3. The Kier molecular flexibility index (Phi) is 6.62. The molecule has 0 N–H and O–H groups in total. The largest absolute Gasteiger partial charge is 0.534 e. The molecule has 0 amide bonds. The van der Waals surface area contributed by atoms with Crippen LogP contribution < -0.4 is 13.7 Å². The molecule has 1 heterocycles. The van der Waals surface area contributed by atoms with Crippen molar-refractivity contribution in [1.29, 1.82) is 0 Å². The fraction of sp³-hybridized carbons (Fsp3) is 0.625. The van der Waals surface area contributed by atoms with Crippen molar-refractivity contribution in [3.63, 3.8) is 0 Å². The Morgan fingerprint density at radius 3 is 2.42 bits per heavy atom. The maximum absolute atomic E-state index is 12.4. The standard InChI is InChI=1S/C16H22F3NO5S/c1-3-7-20(8-4-2)10-13-11-23-14-6-5-12(9-15(14)24-13)25-26(21,22)16(17,18)19/h5-6,9,13H,3-4,7-8,10-11H2,1-2H3. The summed E-state index contributed by atoms with van der Waals surface area (Å²) in [5, 5.41) is 0. The van der Waals surface area contributed by atoms with E-state index in [0.717, 1.165) is 38.1 Å². The summed E-state index contributed by atoms with van der Waals surface area (Å²) in [4.78, 5) is 2.22. The normalized spacial score (nSPS) is 17.4. The van der Waals surface area contributed by atoms with Crippen LogP contribution in [-0.4, -0.2) is 51.2 Å². The van der Waals surface area contributed by atoms with Gasteiger partial charge in [-0.25, -0.2) is 0 Å². The maximum atomic E-state index is 12.4. The summed E-state index contributed by atoms with van der Waals surface area (Å²) >= 11 is 0. The maximum Gasteiger partial charge on any atom is 0.534 e. The first kappa shape index (κ1) is 20.6. The van der Waals surface area contributed by atoms with Gasteiger partial charge in [0.05, 0.1) is 0 Å². The minimum absolute atomic E-state index is 0.157. The molecule has 1 aliphatic rings. The molecule has 1 aliphatic heterocycles. The number of ether oxygens (including phenoxy) is 2. The Morgan fingerprint density at radius 1 is 1.19 bits per heavy atom.